The predicted molar refractivity (Wildman–Crippen MR) is 127 cm³/mol. The molecule has 3 aromatic rings. The lowest BCUT2D eigenvalue weighted by molar-refractivity contribution is 0.0761. The predicted octanol–water partition coefficient (Wildman–Crippen LogP) is 6.43. The van der Waals surface area contributed by atoms with E-state index in [1.54, 1.807) is 0 Å². The Labute approximate surface area is 185 Å². The number of carbonyl (C=O) groups excluding carboxylic acids is 1. The molecule has 0 unspecified atom stereocenters. The number of aromatic nitrogens is 1. The Morgan fingerprint density at radius 3 is 2.13 bits per heavy atom. The van der Waals surface area contributed by atoms with Crippen LogP contribution in [-0.4, -0.2) is 28.5 Å². The van der Waals surface area contributed by atoms with E-state index in [4.69, 9.17) is 0 Å². The minimum atomic E-state index is 0.183. The first kappa shape index (κ1) is 20.1. The molecule has 5 rings (SSSR count). The molecule has 3 nitrogen and oxygen atoms in total. The first-order valence-corrected chi connectivity index (χ1v) is 12.0. The van der Waals surface area contributed by atoms with Gasteiger partial charge in [0.2, 0.25) is 0 Å². The molecular formula is C28H32N2O. The lowest BCUT2D eigenvalue weighted by Gasteiger charge is -2.21. The van der Waals surface area contributed by atoms with E-state index in [2.05, 4.69) is 53.1 Å². The first-order valence-electron chi connectivity index (χ1n) is 12.0. The van der Waals surface area contributed by atoms with Crippen LogP contribution < -0.4 is 0 Å². The second-order valence-electron chi connectivity index (χ2n) is 9.02. The molecule has 0 spiro atoms. The van der Waals surface area contributed by atoms with Crippen LogP contribution in [0.5, 0.6) is 0 Å². The number of aryl methyl sites for hydroxylation is 1. The van der Waals surface area contributed by atoms with Gasteiger partial charge in [-0.05, 0) is 80.0 Å². The molecule has 1 fully saturated rings. The van der Waals surface area contributed by atoms with Crippen LogP contribution in [-0.2, 0) is 12.8 Å². The number of amides is 1. The third-order valence-corrected chi connectivity index (χ3v) is 6.89. The molecule has 0 bridgehead atoms. The van der Waals surface area contributed by atoms with Gasteiger partial charge in [-0.3, -0.25) is 4.79 Å². The fourth-order valence-electron chi connectivity index (χ4n) is 5.20. The minimum Gasteiger partial charge on any atom is -0.339 e. The van der Waals surface area contributed by atoms with Gasteiger partial charge in [0.15, 0.2) is 0 Å². The van der Waals surface area contributed by atoms with Gasteiger partial charge in [0.1, 0.15) is 0 Å². The summed E-state index contributed by atoms with van der Waals surface area (Å²) >= 11 is 0. The van der Waals surface area contributed by atoms with E-state index in [-0.39, 0.29) is 5.91 Å². The normalized spacial score (nSPS) is 17.0. The van der Waals surface area contributed by atoms with Crippen molar-refractivity contribution < 1.29 is 4.79 Å². The summed E-state index contributed by atoms with van der Waals surface area (Å²) in [6.07, 6.45) is 10.8. The first-order chi connectivity index (χ1) is 15.3. The topological polar surface area (TPSA) is 25.2 Å². The summed E-state index contributed by atoms with van der Waals surface area (Å²) in [4.78, 5) is 15.1. The molecule has 0 saturated carbocycles. The maximum atomic E-state index is 13.0. The maximum absolute atomic E-state index is 13.0. The minimum absolute atomic E-state index is 0.183. The summed E-state index contributed by atoms with van der Waals surface area (Å²) in [6.45, 7) is 1.79. The van der Waals surface area contributed by atoms with Gasteiger partial charge in [-0.25, -0.2) is 0 Å². The van der Waals surface area contributed by atoms with E-state index in [1.165, 1.54) is 54.6 Å². The van der Waals surface area contributed by atoms with Crippen LogP contribution >= 0.6 is 0 Å². The Balaban J connectivity index is 1.51. The quantitative estimate of drug-likeness (QED) is 0.455. The third kappa shape index (κ3) is 4.19. The van der Waals surface area contributed by atoms with Crippen molar-refractivity contribution >= 4 is 5.91 Å². The molecule has 1 amide bonds. The van der Waals surface area contributed by atoms with Crippen molar-refractivity contribution in [2.45, 2.75) is 57.8 Å². The molecule has 2 heterocycles. The van der Waals surface area contributed by atoms with E-state index in [9.17, 15) is 4.79 Å². The number of nitrogens with zero attached hydrogens (tertiary/aromatic N) is 2. The van der Waals surface area contributed by atoms with Crippen molar-refractivity contribution in [2.24, 2.45) is 0 Å². The van der Waals surface area contributed by atoms with Crippen molar-refractivity contribution in [3.63, 3.8) is 0 Å². The van der Waals surface area contributed by atoms with E-state index in [1.807, 2.05) is 17.0 Å². The number of rotatable bonds is 3. The molecular weight excluding hydrogens is 380 g/mol. The zero-order valence-corrected chi connectivity index (χ0v) is 18.4. The van der Waals surface area contributed by atoms with E-state index >= 15 is 0 Å². The molecule has 0 radical (unpaired) electrons. The van der Waals surface area contributed by atoms with Crippen molar-refractivity contribution in [3.8, 4) is 16.9 Å². The Morgan fingerprint density at radius 1 is 0.710 bits per heavy atom. The van der Waals surface area contributed by atoms with Gasteiger partial charge < -0.3 is 9.47 Å². The molecule has 0 N–H and O–H groups in total. The summed E-state index contributed by atoms with van der Waals surface area (Å²) in [6, 6.07) is 21.4. The summed E-state index contributed by atoms with van der Waals surface area (Å²) in [5, 5.41) is 0. The summed E-state index contributed by atoms with van der Waals surface area (Å²) in [5.74, 6) is 0.183. The summed E-state index contributed by atoms with van der Waals surface area (Å²) in [7, 11) is 0. The van der Waals surface area contributed by atoms with Crippen molar-refractivity contribution in [2.75, 3.05) is 13.1 Å². The molecule has 31 heavy (non-hydrogen) atoms. The fraction of sp³-hybridized carbons (Fsp3) is 0.393. The number of likely N-dealkylation sites (tertiary alicyclic amines) is 1. The van der Waals surface area contributed by atoms with Gasteiger partial charge in [-0.15, -0.1) is 0 Å². The second-order valence-corrected chi connectivity index (χ2v) is 9.02. The van der Waals surface area contributed by atoms with Crippen LogP contribution in [0.4, 0.5) is 0 Å². The van der Waals surface area contributed by atoms with Gasteiger partial charge in [0, 0.05) is 30.0 Å². The highest BCUT2D eigenvalue weighted by Crippen LogP contribution is 2.33. The highest BCUT2D eigenvalue weighted by Gasteiger charge is 2.21. The monoisotopic (exact) mass is 412 g/mol. The van der Waals surface area contributed by atoms with Crippen LogP contribution in [0.25, 0.3) is 16.9 Å². The molecule has 1 saturated heterocycles. The zero-order chi connectivity index (χ0) is 21.0. The van der Waals surface area contributed by atoms with Gasteiger partial charge in [0.05, 0.1) is 5.69 Å². The number of fused-ring (bicyclic) bond motifs is 1. The largest absolute Gasteiger partial charge is 0.339 e. The lowest BCUT2D eigenvalue weighted by atomic mass is 10.1. The van der Waals surface area contributed by atoms with E-state index < -0.39 is 0 Å². The molecule has 2 aliphatic rings. The molecule has 160 valence electrons. The van der Waals surface area contributed by atoms with Crippen LogP contribution in [0, 0.1) is 0 Å². The number of carbonyl (C=O) groups is 1. The Hall–Kier alpha value is -2.81. The molecule has 0 atom stereocenters. The Kier molecular flexibility index (Phi) is 5.93. The highest BCUT2D eigenvalue weighted by atomic mass is 16.2. The maximum Gasteiger partial charge on any atom is 0.253 e. The van der Waals surface area contributed by atoms with Crippen molar-refractivity contribution in [3.05, 3.63) is 77.5 Å². The number of hydrogen-bond acceptors (Lipinski definition) is 1. The van der Waals surface area contributed by atoms with E-state index in [0.29, 0.717) is 0 Å². The van der Waals surface area contributed by atoms with Crippen LogP contribution in [0.2, 0.25) is 0 Å². The summed E-state index contributed by atoms with van der Waals surface area (Å²) < 4.78 is 2.44. The standard InChI is InChI=1S/C28H32N2O/c31-28(29-19-9-1-2-10-20-29)23-15-17-25(18-16-23)30-26-14-8-4-7-13-24(26)21-27(30)22-11-5-3-6-12-22/h3,5-6,11-12,15-18,21H,1-2,4,7-10,13-14,19-20H2. The highest BCUT2D eigenvalue weighted by molar-refractivity contribution is 5.94. The average molecular weight is 413 g/mol. The summed E-state index contributed by atoms with van der Waals surface area (Å²) in [5.41, 5.74) is 7.42. The van der Waals surface area contributed by atoms with E-state index in [0.717, 1.165) is 50.0 Å². The van der Waals surface area contributed by atoms with Crippen LogP contribution in [0.3, 0.4) is 0 Å². The molecule has 3 heteroatoms. The van der Waals surface area contributed by atoms with Crippen LogP contribution in [0.1, 0.15) is 66.6 Å². The Bertz CT molecular complexity index is 1020. The zero-order valence-electron chi connectivity index (χ0n) is 18.4. The van der Waals surface area contributed by atoms with Gasteiger partial charge in [-0.1, -0.05) is 49.6 Å². The number of hydrogen-bond donors (Lipinski definition) is 0. The Morgan fingerprint density at radius 2 is 1.39 bits per heavy atom. The molecule has 2 aromatic carbocycles. The molecule has 1 aromatic heterocycles. The van der Waals surface area contributed by atoms with Crippen molar-refractivity contribution in [1.29, 1.82) is 0 Å². The van der Waals surface area contributed by atoms with Crippen molar-refractivity contribution in [1.82, 2.24) is 9.47 Å². The molecule has 1 aliphatic carbocycles. The van der Waals surface area contributed by atoms with Crippen LogP contribution in [0.15, 0.2) is 60.7 Å². The smallest absolute Gasteiger partial charge is 0.253 e. The lowest BCUT2D eigenvalue weighted by Crippen LogP contribution is -2.31. The van der Waals surface area contributed by atoms with Gasteiger partial charge in [0.25, 0.3) is 5.91 Å². The van der Waals surface area contributed by atoms with Gasteiger partial charge >= 0.3 is 0 Å². The fourth-order valence-corrected chi connectivity index (χ4v) is 5.20. The number of benzene rings is 2. The average Bonchev–Trinajstić information content (AvgIpc) is 3.02. The second kappa shape index (κ2) is 9.13. The third-order valence-electron chi connectivity index (χ3n) is 6.89. The SMILES string of the molecule is O=C(c1ccc(-n2c(-c3ccccc3)cc3c2CCCCC3)cc1)N1CCCCCC1. The molecule has 1 aliphatic heterocycles. The van der Waals surface area contributed by atoms with Gasteiger partial charge in [-0.2, -0.15) is 0 Å².